The first kappa shape index (κ1) is 12.2. The molecular formula is C15H19N3O. The minimum Gasteiger partial charge on any atom is -0.382 e. The standard InChI is InChI=1S/C15H19N3O/c1-3-15(19-10-1)11-16-14-6-4-13(5-7-14)12-18-9-2-8-17-18/h2,4-9,15-16H,1,3,10-12H2. The van der Waals surface area contributed by atoms with Gasteiger partial charge in [-0.25, -0.2) is 0 Å². The number of anilines is 1. The van der Waals surface area contributed by atoms with Crippen LogP contribution in [0.1, 0.15) is 18.4 Å². The summed E-state index contributed by atoms with van der Waals surface area (Å²) in [6, 6.07) is 10.5. The number of aromatic nitrogens is 2. The molecule has 1 N–H and O–H groups in total. The molecule has 19 heavy (non-hydrogen) atoms. The van der Waals surface area contributed by atoms with Crippen LogP contribution in [0.25, 0.3) is 0 Å². The molecule has 1 atom stereocenters. The second-order valence-electron chi connectivity index (χ2n) is 4.92. The maximum absolute atomic E-state index is 5.59. The van der Waals surface area contributed by atoms with Crippen molar-refractivity contribution in [1.29, 1.82) is 0 Å². The number of ether oxygens (including phenoxy) is 1. The molecule has 4 heteroatoms. The number of hydrogen-bond donors (Lipinski definition) is 1. The molecule has 0 radical (unpaired) electrons. The van der Waals surface area contributed by atoms with Gasteiger partial charge in [-0.1, -0.05) is 12.1 Å². The Bertz CT molecular complexity index is 487. The average molecular weight is 257 g/mol. The summed E-state index contributed by atoms with van der Waals surface area (Å²) in [6.07, 6.45) is 6.52. The summed E-state index contributed by atoms with van der Waals surface area (Å²) in [7, 11) is 0. The normalized spacial score (nSPS) is 18.6. The lowest BCUT2D eigenvalue weighted by molar-refractivity contribution is 0.120. The number of nitrogens with one attached hydrogen (secondary N) is 1. The van der Waals surface area contributed by atoms with E-state index in [9.17, 15) is 0 Å². The monoisotopic (exact) mass is 257 g/mol. The molecule has 1 saturated heterocycles. The highest BCUT2D eigenvalue weighted by molar-refractivity contribution is 5.44. The predicted octanol–water partition coefficient (Wildman–Crippen LogP) is 2.52. The predicted molar refractivity (Wildman–Crippen MR) is 75.2 cm³/mol. The molecular weight excluding hydrogens is 238 g/mol. The zero-order chi connectivity index (χ0) is 12.9. The van der Waals surface area contributed by atoms with Crippen LogP contribution in [0.15, 0.2) is 42.7 Å². The molecule has 4 nitrogen and oxygen atoms in total. The van der Waals surface area contributed by atoms with Crippen LogP contribution in [-0.4, -0.2) is 29.0 Å². The van der Waals surface area contributed by atoms with Crippen molar-refractivity contribution in [2.24, 2.45) is 0 Å². The van der Waals surface area contributed by atoms with E-state index in [4.69, 9.17) is 4.74 Å². The zero-order valence-corrected chi connectivity index (χ0v) is 11.0. The van der Waals surface area contributed by atoms with Crippen molar-refractivity contribution in [3.63, 3.8) is 0 Å². The van der Waals surface area contributed by atoms with E-state index in [-0.39, 0.29) is 0 Å². The van der Waals surface area contributed by atoms with E-state index in [2.05, 4.69) is 34.7 Å². The first-order valence-corrected chi connectivity index (χ1v) is 6.82. The highest BCUT2D eigenvalue weighted by Crippen LogP contribution is 2.15. The third-order valence-electron chi connectivity index (χ3n) is 3.42. The average Bonchev–Trinajstić information content (AvgIpc) is 3.11. The van der Waals surface area contributed by atoms with Gasteiger partial charge in [0.15, 0.2) is 0 Å². The van der Waals surface area contributed by atoms with E-state index in [0.29, 0.717) is 6.10 Å². The van der Waals surface area contributed by atoms with Crippen molar-refractivity contribution in [2.45, 2.75) is 25.5 Å². The Labute approximate surface area is 113 Å². The number of hydrogen-bond acceptors (Lipinski definition) is 3. The Morgan fingerprint density at radius 2 is 2.21 bits per heavy atom. The van der Waals surface area contributed by atoms with Gasteiger partial charge in [0.25, 0.3) is 0 Å². The van der Waals surface area contributed by atoms with Crippen molar-refractivity contribution in [3.8, 4) is 0 Å². The Morgan fingerprint density at radius 3 is 2.89 bits per heavy atom. The number of nitrogens with zero attached hydrogens (tertiary/aromatic N) is 2. The van der Waals surface area contributed by atoms with Crippen molar-refractivity contribution < 1.29 is 4.74 Å². The van der Waals surface area contributed by atoms with Gasteiger partial charge in [-0.05, 0) is 36.6 Å². The smallest absolute Gasteiger partial charge is 0.0748 e. The van der Waals surface area contributed by atoms with Gasteiger partial charge >= 0.3 is 0 Å². The Hall–Kier alpha value is -1.81. The maximum atomic E-state index is 5.59. The SMILES string of the molecule is c1cnn(Cc2ccc(NCC3CCCO3)cc2)c1. The summed E-state index contributed by atoms with van der Waals surface area (Å²) >= 11 is 0. The lowest BCUT2D eigenvalue weighted by Gasteiger charge is -2.12. The van der Waals surface area contributed by atoms with Gasteiger partial charge in [0.1, 0.15) is 0 Å². The molecule has 2 aromatic rings. The third-order valence-corrected chi connectivity index (χ3v) is 3.42. The van der Waals surface area contributed by atoms with Gasteiger partial charge < -0.3 is 10.1 Å². The quantitative estimate of drug-likeness (QED) is 0.894. The van der Waals surface area contributed by atoms with E-state index >= 15 is 0 Å². The topological polar surface area (TPSA) is 39.1 Å². The fourth-order valence-electron chi connectivity index (χ4n) is 2.35. The molecule has 1 aliphatic heterocycles. The molecule has 2 heterocycles. The van der Waals surface area contributed by atoms with Gasteiger partial charge in [-0.2, -0.15) is 5.10 Å². The van der Waals surface area contributed by atoms with Crippen LogP contribution in [0, 0.1) is 0 Å². The summed E-state index contributed by atoms with van der Waals surface area (Å²) in [6.45, 7) is 2.63. The summed E-state index contributed by atoms with van der Waals surface area (Å²) in [5, 5.41) is 7.63. The van der Waals surface area contributed by atoms with E-state index in [0.717, 1.165) is 25.4 Å². The largest absolute Gasteiger partial charge is 0.382 e. The van der Waals surface area contributed by atoms with E-state index in [1.807, 2.05) is 16.9 Å². The summed E-state index contributed by atoms with van der Waals surface area (Å²) in [4.78, 5) is 0. The minimum absolute atomic E-state index is 0.378. The second kappa shape index (κ2) is 5.89. The molecule has 1 aromatic heterocycles. The molecule has 1 aliphatic rings. The third kappa shape index (κ3) is 3.35. The summed E-state index contributed by atoms with van der Waals surface area (Å²) in [5.41, 5.74) is 2.41. The van der Waals surface area contributed by atoms with Crippen LogP contribution < -0.4 is 5.32 Å². The molecule has 1 fully saturated rings. The van der Waals surface area contributed by atoms with Gasteiger partial charge in [0.05, 0.1) is 12.6 Å². The van der Waals surface area contributed by atoms with Gasteiger partial charge in [-0.3, -0.25) is 4.68 Å². The van der Waals surface area contributed by atoms with Gasteiger partial charge in [0, 0.05) is 31.2 Å². The summed E-state index contributed by atoms with van der Waals surface area (Å²) in [5.74, 6) is 0. The lowest BCUT2D eigenvalue weighted by Crippen LogP contribution is -2.18. The molecule has 1 aromatic carbocycles. The molecule has 0 saturated carbocycles. The van der Waals surface area contributed by atoms with Gasteiger partial charge in [0.2, 0.25) is 0 Å². The van der Waals surface area contributed by atoms with E-state index in [1.54, 1.807) is 6.20 Å². The molecule has 0 amide bonds. The van der Waals surface area contributed by atoms with Crippen molar-refractivity contribution in [2.75, 3.05) is 18.5 Å². The van der Waals surface area contributed by atoms with Crippen LogP contribution in [0.4, 0.5) is 5.69 Å². The van der Waals surface area contributed by atoms with E-state index < -0.39 is 0 Å². The van der Waals surface area contributed by atoms with Crippen molar-refractivity contribution in [3.05, 3.63) is 48.3 Å². The van der Waals surface area contributed by atoms with Crippen molar-refractivity contribution >= 4 is 5.69 Å². The molecule has 3 rings (SSSR count). The zero-order valence-electron chi connectivity index (χ0n) is 11.0. The van der Waals surface area contributed by atoms with Gasteiger partial charge in [-0.15, -0.1) is 0 Å². The fraction of sp³-hybridized carbons (Fsp3) is 0.400. The Kier molecular flexibility index (Phi) is 3.79. The first-order chi connectivity index (χ1) is 9.40. The number of benzene rings is 1. The molecule has 0 aliphatic carbocycles. The Balaban J connectivity index is 1.53. The van der Waals surface area contributed by atoms with Crippen LogP contribution in [0.3, 0.4) is 0 Å². The fourth-order valence-corrected chi connectivity index (χ4v) is 2.35. The van der Waals surface area contributed by atoms with Crippen LogP contribution in [-0.2, 0) is 11.3 Å². The first-order valence-electron chi connectivity index (χ1n) is 6.82. The Morgan fingerprint density at radius 1 is 1.32 bits per heavy atom. The highest BCUT2D eigenvalue weighted by Gasteiger charge is 2.14. The maximum Gasteiger partial charge on any atom is 0.0748 e. The minimum atomic E-state index is 0.378. The van der Waals surface area contributed by atoms with E-state index in [1.165, 1.54) is 18.4 Å². The second-order valence-corrected chi connectivity index (χ2v) is 4.92. The highest BCUT2D eigenvalue weighted by atomic mass is 16.5. The summed E-state index contributed by atoms with van der Waals surface area (Å²) < 4.78 is 7.52. The lowest BCUT2D eigenvalue weighted by atomic mass is 10.2. The van der Waals surface area contributed by atoms with Crippen LogP contribution >= 0.6 is 0 Å². The molecule has 1 unspecified atom stereocenters. The molecule has 100 valence electrons. The van der Waals surface area contributed by atoms with Crippen LogP contribution in [0.5, 0.6) is 0 Å². The molecule has 0 spiro atoms. The number of rotatable bonds is 5. The molecule has 0 bridgehead atoms. The van der Waals surface area contributed by atoms with Crippen molar-refractivity contribution in [1.82, 2.24) is 9.78 Å². The van der Waals surface area contributed by atoms with Crippen LogP contribution in [0.2, 0.25) is 0 Å².